The molecule has 0 aromatic carbocycles. The summed E-state index contributed by atoms with van der Waals surface area (Å²) in [5, 5.41) is 8.66. The lowest BCUT2D eigenvalue weighted by molar-refractivity contribution is 0.115. The van der Waals surface area contributed by atoms with Crippen molar-refractivity contribution in [2.75, 3.05) is 18.8 Å². The van der Waals surface area contributed by atoms with E-state index in [1.807, 2.05) is 0 Å². The van der Waals surface area contributed by atoms with Gasteiger partial charge in [-0.05, 0) is 43.8 Å². The molecule has 0 aromatic heterocycles. The van der Waals surface area contributed by atoms with E-state index in [0.29, 0.717) is 32.4 Å². The molecule has 7 heteroatoms. The summed E-state index contributed by atoms with van der Waals surface area (Å²) in [4.78, 5) is 0. The van der Waals surface area contributed by atoms with Crippen molar-refractivity contribution in [3.8, 4) is 6.07 Å². The van der Waals surface area contributed by atoms with Gasteiger partial charge in [-0.25, -0.2) is 8.42 Å². The largest absolute Gasteiger partial charge is 0.413 e. The first-order chi connectivity index (χ1) is 10.5. The van der Waals surface area contributed by atoms with E-state index in [2.05, 4.69) is 39.9 Å². The number of unbranched alkanes of at least 4 members (excludes halogenated alkanes) is 2. The van der Waals surface area contributed by atoms with E-state index in [0.717, 1.165) is 12.8 Å². The van der Waals surface area contributed by atoms with Crippen molar-refractivity contribution in [3.05, 3.63) is 0 Å². The van der Waals surface area contributed by atoms with E-state index in [1.54, 1.807) is 4.31 Å². The van der Waals surface area contributed by atoms with Gasteiger partial charge in [-0.1, -0.05) is 20.8 Å². The van der Waals surface area contributed by atoms with Gasteiger partial charge >= 0.3 is 0 Å². The molecule has 1 saturated heterocycles. The van der Waals surface area contributed by atoms with Crippen LogP contribution in [0.2, 0.25) is 18.1 Å². The molecule has 23 heavy (non-hydrogen) atoms. The number of hydrogen-bond donors (Lipinski definition) is 0. The zero-order valence-corrected chi connectivity index (χ0v) is 17.1. The minimum absolute atomic E-state index is 0.0125. The number of nitrogens with zero attached hydrogens (tertiary/aromatic N) is 2. The molecule has 1 aliphatic rings. The van der Waals surface area contributed by atoms with E-state index in [9.17, 15) is 8.42 Å². The molecule has 1 atom stereocenters. The van der Waals surface area contributed by atoms with Crippen molar-refractivity contribution in [1.82, 2.24) is 4.31 Å². The van der Waals surface area contributed by atoms with Crippen molar-refractivity contribution in [3.63, 3.8) is 0 Å². The number of piperidine rings is 1. The quantitative estimate of drug-likeness (QED) is 0.514. The zero-order chi connectivity index (χ0) is 17.7. The second-order valence-electron chi connectivity index (χ2n) is 7.93. The molecular formula is C16H32N2O3SSi. The summed E-state index contributed by atoms with van der Waals surface area (Å²) in [6.45, 7) is 12.1. The van der Waals surface area contributed by atoms with Crippen molar-refractivity contribution in [1.29, 1.82) is 5.26 Å². The Morgan fingerprint density at radius 2 is 1.96 bits per heavy atom. The molecular weight excluding hydrogens is 328 g/mol. The Labute approximate surface area is 143 Å². The fourth-order valence-electron chi connectivity index (χ4n) is 2.46. The molecule has 0 N–H and O–H groups in total. The van der Waals surface area contributed by atoms with E-state index >= 15 is 0 Å². The van der Waals surface area contributed by atoms with Gasteiger partial charge in [-0.3, -0.25) is 0 Å². The topological polar surface area (TPSA) is 70.4 Å². The first-order valence-electron chi connectivity index (χ1n) is 8.52. The maximum Gasteiger partial charge on any atom is 0.214 e. The Morgan fingerprint density at radius 1 is 1.30 bits per heavy atom. The van der Waals surface area contributed by atoms with Gasteiger partial charge in [0.2, 0.25) is 10.0 Å². The highest BCUT2D eigenvalue weighted by Gasteiger charge is 2.40. The molecule has 0 saturated carbocycles. The molecule has 134 valence electrons. The van der Waals surface area contributed by atoms with Crippen LogP contribution in [-0.4, -0.2) is 46.0 Å². The Bertz CT molecular complexity index is 520. The summed E-state index contributed by atoms with van der Waals surface area (Å²) in [6.07, 6.45) is 3.43. The Balaban J connectivity index is 2.62. The average molecular weight is 361 g/mol. The highest BCUT2D eigenvalue weighted by atomic mass is 32.2. The summed E-state index contributed by atoms with van der Waals surface area (Å²) in [6, 6.07) is 2.06. The summed E-state index contributed by atoms with van der Waals surface area (Å²) < 4.78 is 32.9. The maximum atomic E-state index is 12.5. The van der Waals surface area contributed by atoms with Crippen molar-refractivity contribution < 1.29 is 12.8 Å². The Hall–Kier alpha value is -0.423. The van der Waals surface area contributed by atoms with Gasteiger partial charge in [0.1, 0.15) is 0 Å². The van der Waals surface area contributed by atoms with Crippen LogP contribution in [-0.2, 0) is 14.4 Å². The summed E-state index contributed by atoms with van der Waals surface area (Å²) >= 11 is 0. The first kappa shape index (κ1) is 20.6. The normalized spacial score (nSPS) is 21.1. The SMILES string of the molecule is CC(C)(C)[Si](C)(C)OC1CCCN(S(=O)(=O)CCCCC#N)C1. The van der Waals surface area contributed by atoms with Gasteiger partial charge in [0.15, 0.2) is 8.32 Å². The molecule has 1 unspecified atom stereocenters. The van der Waals surface area contributed by atoms with Gasteiger partial charge in [0.25, 0.3) is 0 Å². The number of sulfonamides is 1. The molecule has 0 amide bonds. The molecule has 1 aliphatic heterocycles. The predicted molar refractivity (Wildman–Crippen MR) is 96.1 cm³/mol. The van der Waals surface area contributed by atoms with Gasteiger partial charge < -0.3 is 4.43 Å². The summed E-state index contributed by atoms with van der Waals surface area (Å²) in [7, 11) is -5.10. The minimum Gasteiger partial charge on any atom is -0.413 e. The molecule has 1 heterocycles. The Kier molecular flexibility index (Phi) is 7.27. The third-order valence-corrected chi connectivity index (χ3v) is 11.4. The van der Waals surface area contributed by atoms with Gasteiger partial charge in [-0.2, -0.15) is 9.57 Å². The van der Waals surface area contributed by atoms with E-state index in [1.165, 1.54) is 0 Å². The van der Waals surface area contributed by atoms with Crippen LogP contribution in [0.1, 0.15) is 52.9 Å². The van der Waals surface area contributed by atoms with Crippen LogP contribution < -0.4 is 0 Å². The van der Waals surface area contributed by atoms with Crippen LogP contribution in [0.25, 0.3) is 0 Å². The zero-order valence-electron chi connectivity index (χ0n) is 15.3. The molecule has 0 bridgehead atoms. The third kappa shape index (κ3) is 6.18. The molecule has 1 fully saturated rings. The maximum absolute atomic E-state index is 12.5. The van der Waals surface area contributed by atoms with E-state index in [4.69, 9.17) is 9.69 Å². The van der Waals surface area contributed by atoms with Crippen LogP contribution in [0.5, 0.6) is 0 Å². The van der Waals surface area contributed by atoms with Crippen LogP contribution >= 0.6 is 0 Å². The van der Waals surface area contributed by atoms with Crippen LogP contribution in [0, 0.1) is 11.3 Å². The van der Waals surface area contributed by atoms with Gasteiger partial charge in [0.05, 0.1) is 17.9 Å². The fourth-order valence-corrected chi connectivity index (χ4v) is 5.47. The molecule has 0 aliphatic carbocycles. The first-order valence-corrected chi connectivity index (χ1v) is 13.0. The molecule has 1 rings (SSSR count). The lowest BCUT2D eigenvalue weighted by Crippen LogP contribution is -2.50. The second-order valence-corrected chi connectivity index (χ2v) is 14.8. The number of rotatable bonds is 7. The van der Waals surface area contributed by atoms with Crippen molar-refractivity contribution in [2.45, 2.75) is 77.1 Å². The molecule has 0 aromatic rings. The summed E-state index contributed by atoms with van der Waals surface area (Å²) in [5.41, 5.74) is 0. The van der Waals surface area contributed by atoms with Crippen molar-refractivity contribution >= 4 is 18.3 Å². The lowest BCUT2D eigenvalue weighted by Gasteiger charge is -2.42. The van der Waals surface area contributed by atoms with Gasteiger partial charge in [0, 0.05) is 19.5 Å². The minimum atomic E-state index is -3.23. The second kappa shape index (κ2) is 8.10. The van der Waals surface area contributed by atoms with Crippen LogP contribution in [0.3, 0.4) is 0 Å². The monoisotopic (exact) mass is 360 g/mol. The highest BCUT2D eigenvalue weighted by Crippen LogP contribution is 2.38. The lowest BCUT2D eigenvalue weighted by atomic mass is 10.1. The van der Waals surface area contributed by atoms with E-state index in [-0.39, 0.29) is 16.9 Å². The van der Waals surface area contributed by atoms with Crippen molar-refractivity contribution in [2.24, 2.45) is 0 Å². The standard InChI is InChI=1S/C16H32N2O3SSi/c1-16(2,3)23(4,5)21-15-10-9-12-18(14-15)22(19,20)13-8-6-7-11-17/h15H,6-10,12-14H2,1-5H3. The third-order valence-electron chi connectivity index (χ3n) is 4.94. The van der Waals surface area contributed by atoms with E-state index < -0.39 is 18.3 Å². The fraction of sp³-hybridized carbons (Fsp3) is 0.938. The predicted octanol–water partition coefficient (Wildman–Crippen LogP) is 3.50. The Morgan fingerprint density at radius 3 is 2.52 bits per heavy atom. The average Bonchev–Trinajstić information content (AvgIpc) is 2.42. The number of hydrogen-bond acceptors (Lipinski definition) is 4. The molecule has 0 spiro atoms. The molecule has 5 nitrogen and oxygen atoms in total. The molecule has 0 radical (unpaired) electrons. The number of nitriles is 1. The smallest absolute Gasteiger partial charge is 0.214 e. The summed E-state index contributed by atoms with van der Waals surface area (Å²) in [5.74, 6) is 0.140. The van der Waals surface area contributed by atoms with Crippen LogP contribution in [0.4, 0.5) is 0 Å². The van der Waals surface area contributed by atoms with Gasteiger partial charge in [-0.15, -0.1) is 0 Å². The highest BCUT2D eigenvalue weighted by molar-refractivity contribution is 7.89. The van der Waals surface area contributed by atoms with Crippen LogP contribution in [0.15, 0.2) is 0 Å².